The molecule has 22 heavy (non-hydrogen) atoms. The maximum atomic E-state index is 12.1. The zero-order valence-electron chi connectivity index (χ0n) is 13.2. The number of anilines is 1. The van der Waals surface area contributed by atoms with Gasteiger partial charge in [0.25, 0.3) is 0 Å². The van der Waals surface area contributed by atoms with E-state index in [1.54, 1.807) is 11.3 Å². The van der Waals surface area contributed by atoms with Crippen molar-refractivity contribution in [2.45, 2.75) is 52.9 Å². The second-order valence-electron chi connectivity index (χ2n) is 6.09. The Labute approximate surface area is 134 Å². The molecule has 0 spiro atoms. The fourth-order valence-electron chi connectivity index (χ4n) is 2.87. The fraction of sp³-hybridized carbons (Fsp3) is 0.562. The van der Waals surface area contributed by atoms with E-state index >= 15 is 0 Å². The quantitative estimate of drug-likeness (QED) is 0.937. The minimum absolute atomic E-state index is 0.000791. The number of aryl methyl sites for hydroxylation is 3. The molecule has 0 unspecified atom stereocenters. The molecule has 0 radical (unpaired) electrons. The van der Waals surface area contributed by atoms with E-state index in [1.165, 1.54) is 17.0 Å². The van der Waals surface area contributed by atoms with Crippen LogP contribution in [-0.4, -0.2) is 16.0 Å². The fourth-order valence-corrected chi connectivity index (χ4v) is 4.06. The van der Waals surface area contributed by atoms with Crippen LogP contribution in [0.15, 0.2) is 4.52 Å². The molecule has 2 aromatic heterocycles. The maximum Gasteiger partial charge on any atom is 0.226 e. The Hall–Kier alpha value is -1.69. The summed E-state index contributed by atoms with van der Waals surface area (Å²) in [5.41, 5.74) is 3.07. The third-order valence-corrected chi connectivity index (χ3v) is 5.25. The first kappa shape index (κ1) is 15.2. The highest BCUT2D eigenvalue weighted by atomic mass is 32.1. The minimum Gasteiger partial charge on any atom is -0.361 e. The van der Waals surface area contributed by atoms with Crippen LogP contribution in [0.1, 0.15) is 47.4 Å². The molecule has 2 heterocycles. The van der Waals surface area contributed by atoms with Gasteiger partial charge >= 0.3 is 0 Å². The molecular weight excluding hydrogens is 298 g/mol. The van der Waals surface area contributed by atoms with E-state index in [-0.39, 0.29) is 5.91 Å². The van der Waals surface area contributed by atoms with E-state index in [4.69, 9.17) is 4.52 Å². The summed E-state index contributed by atoms with van der Waals surface area (Å²) in [6, 6.07) is 0. The summed E-state index contributed by atoms with van der Waals surface area (Å²) < 4.78 is 5.12. The highest BCUT2D eigenvalue weighted by molar-refractivity contribution is 7.15. The van der Waals surface area contributed by atoms with E-state index in [1.807, 2.05) is 13.8 Å². The van der Waals surface area contributed by atoms with Crippen molar-refractivity contribution in [1.82, 2.24) is 10.1 Å². The summed E-state index contributed by atoms with van der Waals surface area (Å²) in [6.07, 6.45) is 4.37. The molecule has 2 aromatic rings. The van der Waals surface area contributed by atoms with Crippen molar-refractivity contribution in [3.05, 3.63) is 27.6 Å². The molecule has 6 heteroatoms. The lowest BCUT2D eigenvalue weighted by atomic mass is 9.93. The standard InChI is InChI=1S/C16H21N3O2S/c1-9-4-6-13-14(8-9)22-16(17-13)18-15(20)7-5-12-10(2)19-21-11(12)3/h9H,4-8H2,1-3H3,(H,17,18,20)/t9-/m1/s1. The van der Waals surface area contributed by atoms with Gasteiger partial charge in [0, 0.05) is 16.9 Å². The average molecular weight is 319 g/mol. The molecule has 1 amide bonds. The van der Waals surface area contributed by atoms with Crippen molar-refractivity contribution in [1.29, 1.82) is 0 Å². The van der Waals surface area contributed by atoms with Crippen molar-refractivity contribution in [3.8, 4) is 0 Å². The van der Waals surface area contributed by atoms with Crippen LogP contribution in [0.3, 0.4) is 0 Å². The molecular formula is C16H21N3O2S. The van der Waals surface area contributed by atoms with Crippen LogP contribution in [-0.2, 0) is 24.1 Å². The van der Waals surface area contributed by atoms with Crippen LogP contribution in [0.25, 0.3) is 0 Å². The number of fused-ring (bicyclic) bond motifs is 1. The predicted octanol–water partition coefficient (Wildman–Crippen LogP) is 3.44. The molecule has 0 aromatic carbocycles. The van der Waals surface area contributed by atoms with Gasteiger partial charge in [-0.1, -0.05) is 12.1 Å². The van der Waals surface area contributed by atoms with E-state index < -0.39 is 0 Å². The maximum absolute atomic E-state index is 12.1. The number of carbonyl (C=O) groups is 1. The molecule has 5 nitrogen and oxygen atoms in total. The van der Waals surface area contributed by atoms with Gasteiger partial charge in [-0.25, -0.2) is 4.98 Å². The van der Waals surface area contributed by atoms with Crippen LogP contribution in [0.5, 0.6) is 0 Å². The van der Waals surface area contributed by atoms with Crippen molar-refractivity contribution in [2.24, 2.45) is 5.92 Å². The van der Waals surface area contributed by atoms with E-state index in [2.05, 4.69) is 22.4 Å². The normalized spacial score (nSPS) is 17.3. The zero-order valence-corrected chi connectivity index (χ0v) is 14.0. The summed E-state index contributed by atoms with van der Waals surface area (Å²) in [5, 5.41) is 7.58. The Kier molecular flexibility index (Phi) is 4.29. The lowest BCUT2D eigenvalue weighted by Gasteiger charge is -2.15. The molecule has 1 atom stereocenters. The lowest BCUT2D eigenvalue weighted by molar-refractivity contribution is -0.116. The SMILES string of the molecule is Cc1noc(C)c1CCC(=O)Nc1nc2c(s1)C[C@H](C)CC2. The Morgan fingerprint density at radius 1 is 1.45 bits per heavy atom. The lowest BCUT2D eigenvalue weighted by Crippen LogP contribution is -2.12. The summed E-state index contributed by atoms with van der Waals surface area (Å²) >= 11 is 1.62. The van der Waals surface area contributed by atoms with Gasteiger partial charge in [-0.15, -0.1) is 11.3 Å². The van der Waals surface area contributed by atoms with Gasteiger partial charge in [-0.05, 0) is 45.4 Å². The Morgan fingerprint density at radius 3 is 3.00 bits per heavy atom. The van der Waals surface area contributed by atoms with Crippen molar-refractivity contribution < 1.29 is 9.32 Å². The highest BCUT2D eigenvalue weighted by Crippen LogP contribution is 2.32. The number of thiazole rings is 1. The highest BCUT2D eigenvalue weighted by Gasteiger charge is 2.20. The molecule has 0 saturated heterocycles. The molecule has 118 valence electrons. The van der Waals surface area contributed by atoms with E-state index in [0.717, 1.165) is 40.9 Å². The van der Waals surface area contributed by atoms with Crippen LogP contribution in [0.4, 0.5) is 5.13 Å². The number of rotatable bonds is 4. The molecule has 1 N–H and O–H groups in total. The Balaban J connectivity index is 1.58. The number of hydrogen-bond acceptors (Lipinski definition) is 5. The first-order valence-corrected chi connectivity index (χ1v) is 8.54. The van der Waals surface area contributed by atoms with Gasteiger partial charge in [0.2, 0.25) is 5.91 Å². The molecule has 0 aliphatic heterocycles. The van der Waals surface area contributed by atoms with Crippen LogP contribution >= 0.6 is 11.3 Å². The average Bonchev–Trinajstić information content (AvgIpc) is 3.00. The third kappa shape index (κ3) is 3.21. The van der Waals surface area contributed by atoms with Crippen LogP contribution < -0.4 is 5.32 Å². The second kappa shape index (κ2) is 6.20. The third-order valence-electron chi connectivity index (χ3n) is 4.22. The Bertz CT molecular complexity index is 670. The number of hydrogen-bond donors (Lipinski definition) is 1. The second-order valence-corrected chi connectivity index (χ2v) is 7.17. The predicted molar refractivity (Wildman–Crippen MR) is 86.2 cm³/mol. The summed E-state index contributed by atoms with van der Waals surface area (Å²) in [5.74, 6) is 1.51. The first-order valence-electron chi connectivity index (χ1n) is 7.73. The first-order chi connectivity index (χ1) is 10.5. The number of carbonyl (C=O) groups excluding carboxylic acids is 1. The number of amides is 1. The molecule has 1 aliphatic rings. The topological polar surface area (TPSA) is 68.0 Å². The van der Waals surface area contributed by atoms with Crippen LogP contribution in [0.2, 0.25) is 0 Å². The number of aromatic nitrogens is 2. The minimum atomic E-state index is -0.000791. The monoisotopic (exact) mass is 319 g/mol. The van der Waals surface area contributed by atoms with Crippen LogP contribution in [0, 0.1) is 19.8 Å². The summed E-state index contributed by atoms with van der Waals surface area (Å²) in [6.45, 7) is 6.05. The van der Waals surface area contributed by atoms with Gasteiger partial charge < -0.3 is 9.84 Å². The number of nitrogens with zero attached hydrogens (tertiary/aromatic N) is 2. The van der Waals surface area contributed by atoms with Gasteiger partial charge in [0.05, 0.1) is 11.4 Å². The van der Waals surface area contributed by atoms with Gasteiger partial charge in [0.15, 0.2) is 5.13 Å². The molecule has 3 rings (SSSR count). The largest absolute Gasteiger partial charge is 0.361 e. The van der Waals surface area contributed by atoms with Gasteiger partial charge in [0.1, 0.15) is 5.76 Å². The molecule has 0 fully saturated rings. The van der Waals surface area contributed by atoms with E-state index in [9.17, 15) is 4.79 Å². The van der Waals surface area contributed by atoms with Crippen molar-refractivity contribution in [3.63, 3.8) is 0 Å². The Morgan fingerprint density at radius 2 is 2.27 bits per heavy atom. The summed E-state index contributed by atoms with van der Waals surface area (Å²) in [4.78, 5) is 18.0. The molecule has 0 bridgehead atoms. The van der Waals surface area contributed by atoms with Gasteiger partial charge in [-0.3, -0.25) is 4.79 Å². The summed E-state index contributed by atoms with van der Waals surface area (Å²) in [7, 11) is 0. The number of nitrogens with one attached hydrogen (secondary N) is 1. The van der Waals surface area contributed by atoms with Gasteiger partial charge in [-0.2, -0.15) is 0 Å². The van der Waals surface area contributed by atoms with E-state index in [0.29, 0.717) is 12.8 Å². The smallest absolute Gasteiger partial charge is 0.226 e. The zero-order chi connectivity index (χ0) is 15.7. The van der Waals surface area contributed by atoms with Crippen molar-refractivity contribution >= 4 is 22.4 Å². The molecule has 0 saturated carbocycles. The van der Waals surface area contributed by atoms with Crippen molar-refractivity contribution in [2.75, 3.05) is 5.32 Å². The molecule has 1 aliphatic carbocycles.